The lowest BCUT2D eigenvalue weighted by Gasteiger charge is -2.36. The van der Waals surface area contributed by atoms with Gasteiger partial charge in [0.1, 0.15) is 17.0 Å². The second-order valence-corrected chi connectivity index (χ2v) is 8.23. The molecule has 0 aromatic carbocycles. The number of hydrogen-bond acceptors (Lipinski definition) is 6. The highest BCUT2D eigenvalue weighted by Crippen LogP contribution is 2.35. The van der Waals surface area contributed by atoms with E-state index in [1.165, 1.54) is 10.4 Å². The molecule has 0 saturated carbocycles. The molecule has 0 unspecified atom stereocenters. The van der Waals surface area contributed by atoms with Crippen molar-refractivity contribution in [2.75, 3.05) is 37.6 Å². The first kappa shape index (κ1) is 17.2. The quantitative estimate of drug-likeness (QED) is 0.863. The number of rotatable bonds is 2. The summed E-state index contributed by atoms with van der Waals surface area (Å²) in [6, 6.07) is 0. The molecule has 0 spiro atoms. The highest BCUT2D eigenvalue weighted by Gasteiger charge is 2.31. The van der Waals surface area contributed by atoms with E-state index in [0.717, 1.165) is 42.0 Å². The Kier molecular flexibility index (Phi) is 4.52. The Labute approximate surface area is 156 Å². The number of aryl methyl sites for hydroxylation is 2. The van der Waals surface area contributed by atoms with Gasteiger partial charge in [0.05, 0.1) is 11.9 Å². The predicted molar refractivity (Wildman–Crippen MR) is 101 cm³/mol. The molecule has 26 heavy (non-hydrogen) atoms. The van der Waals surface area contributed by atoms with E-state index in [4.69, 9.17) is 0 Å². The van der Waals surface area contributed by atoms with Gasteiger partial charge in [-0.3, -0.25) is 9.59 Å². The fraction of sp³-hybridized carbons (Fsp3) is 0.556. The molecule has 4 rings (SSSR count). The first-order valence-electron chi connectivity index (χ1n) is 9.05. The van der Waals surface area contributed by atoms with E-state index in [1.54, 1.807) is 22.6 Å². The molecule has 0 bridgehead atoms. The molecule has 8 heteroatoms. The zero-order chi connectivity index (χ0) is 18.3. The molecule has 4 heterocycles. The fourth-order valence-corrected chi connectivity index (χ4v) is 4.82. The summed E-state index contributed by atoms with van der Waals surface area (Å²) in [5, 5.41) is 3.91. The van der Waals surface area contributed by atoms with Crippen LogP contribution in [0.1, 0.15) is 23.3 Å². The number of nitrogens with zero attached hydrogens (tertiary/aromatic N) is 4. The Morgan fingerprint density at radius 3 is 2.73 bits per heavy atom. The third-order valence-corrected chi connectivity index (χ3v) is 6.55. The Morgan fingerprint density at radius 1 is 1.23 bits per heavy atom. The number of carbonyl (C=O) groups is 2. The molecule has 2 aliphatic heterocycles. The normalized spacial score (nSPS) is 19.1. The maximum atomic E-state index is 12.7. The van der Waals surface area contributed by atoms with Gasteiger partial charge in [-0.1, -0.05) is 0 Å². The zero-order valence-corrected chi connectivity index (χ0v) is 15.9. The van der Waals surface area contributed by atoms with E-state index < -0.39 is 0 Å². The third kappa shape index (κ3) is 3.02. The number of nitrogens with one attached hydrogen (secondary N) is 1. The van der Waals surface area contributed by atoms with E-state index in [2.05, 4.69) is 34.0 Å². The van der Waals surface area contributed by atoms with Crippen LogP contribution in [0.3, 0.4) is 0 Å². The molecule has 2 aliphatic rings. The molecule has 2 fully saturated rings. The Bertz CT molecular complexity index is 857. The van der Waals surface area contributed by atoms with Gasteiger partial charge >= 0.3 is 0 Å². The van der Waals surface area contributed by atoms with Crippen LogP contribution in [-0.2, 0) is 9.59 Å². The van der Waals surface area contributed by atoms with Crippen LogP contribution in [0.4, 0.5) is 5.82 Å². The van der Waals surface area contributed by atoms with Crippen molar-refractivity contribution >= 4 is 39.2 Å². The van der Waals surface area contributed by atoms with Gasteiger partial charge in [0, 0.05) is 37.0 Å². The lowest BCUT2D eigenvalue weighted by Crippen LogP contribution is -2.52. The lowest BCUT2D eigenvalue weighted by molar-refractivity contribution is -0.141. The van der Waals surface area contributed by atoms with Crippen molar-refractivity contribution in [1.82, 2.24) is 20.2 Å². The van der Waals surface area contributed by atoms with Crippen molar-refractivity contribution in [3.8, 4) is 0 Å². The van der Waals surface area contributed by atoms with Gasteiger partial charge < -0.3 is 15.1 Å². The Morgan fingerprint density at radius 2 is 2.00 bits per heavy atom. The van der Waals surface area contributed by atoms with Gasteiger partial charge in [-0.15, -0.1) is 11.3 Å². The van der Waals surface area contributed by atoms with Crippen LogP contribution in [0.25, 0.3) is 10.2 Å². The second kappa shape index (κ2) is 6.83. The summed E-state index contributed by atoms with van der Waals surface area (Å²) in [5.41, 5.74) is 1.25. The molecule has 0 radical (unpaired) electrons. The molecule has 0 aliphatic carbocycles. The number of hydrogen-bond donors (Lipinski definition) is 1. The van der Waals surface area contributed by atoms with E-state index in [9.17, 15) is 9.59 Å². The van der Waals surface area contributed by atoms with Crippen LogP contribution >= 0.6 is 11.3 Å². The van der Waals surface area contributed by atoms with Gasteiger partial charge in [-0.2, -0.15) is 0 Å². The molecule has 2 saturated heterocycles. The second-order valence-electron chi connectivity index (χ2n) is 7.03. The van der Waals surface area contributed by atoms with E-state index in [1.807, 2.05) is 0 Å². The molecule has 7 nitrogen and oxygen atoms in total. The molecule has 2 aromatic heterocycles. The topological polar surface area (TPSA) is 78.4 Å². The summed E-state index contributed by atoms with van der Waals surface area (Å²) in [7, 11) is 0. The summed E-state index contributed by atoms with van der Waals surface area (Å²) in [4.78, 5) is 39.5. The summed E-state index contributed by atoms with van der Waals surface area (Å²) in [6.45, 7) is 7.21. The highest BCUT2D eigenvalue weighted by molar-refractivity contribution is 7.18. The first-order chi connectivity index (χ1) is 12.5. The average molecular weight is 373 g/mol. The number of piperazine rings is 1. The minimum absolute atomic E-state index is 0.000198. The molecular formula is C18H23N5O2S. The minimum atomic E-state index is -0.0614. The summed E-state index contributed by atoms with van der Waals surface area (Å²) < 4.78 is 0. The maximum absolute atomic E-state index is 12.7. The Balaban J connectivity index is 1.47. The number of aromatic nitrogens is 2. The molecule has 2 amide bonds. The van der Waals surface area contributed by atoms with Crippen LogP contribution in [0, 0.1) is 19.8 Å². The third-order valence-electron chi connectivity index (χ3n) is 5.44. The smallest absolute Gasteiger partial charge is 0.239 e. The number of amides is 2. The number of thiophene rings is 1. The van der Waals surface area contributed by atoms with Crippen LogP contribution < -0.4 is 10.2 Å². The van der Waals surface area contributed by atoms with E-state index >= 15 is 0 Å². The van der Waals surface area contributed by atoms with Crippen molar-refractivity contribution in [3.05, 3.63) is 16.8 Å². The molecule has 138 valence electrons. The van der Waals surface area contributed by atoms with E-state index in [-0.39, 0.29) is 24.3 Å². The van der Waals surface area contributed by atoms with Gasteiger partial charge in [-0.25, -0.2) is 9.97 Å². The van der Waals surface area contributed by atoms with Crippen molar-refractivity contribution in [3.63, 3.8) is 0 Å². The monoisotopic (exact) mass is 373 g/mol. The molecular weight excluding hydrogens is 350 g/mol. The molecule has 2 aromatic rings. The van der Waals surface area contributed by atoms with Gasteiger partial charge in [-0.05, 0) is 32.3 Å². The predicted octanol–water partition coefficient (Wildman–Crippen LogP) is 1.48. The van der Waals surface area contributed by atoms with Gasteiger partial charge in [0.15, 0.2) is 0 Å². The van der Waals surface area contributed by atoms with Crippen LogP contribution in [-0.4, -0.2) is 59.4 Å². The molecule has 1 N–H and O–H groups in total. The van der Waals surface area contributed by atoms with E-state index in [0.29, 0.717) is 13.1 Å². The number of piperidine rings is 1. The Hall–Kier alpha value is -2.22. The highest BCUT2D eigenvalue weighted by atomic mass is 32.1. The fourth-order valence-electron chi connectivity index (χ4n) is 3.83. The average Bonchev–Trinajstić information content (AvgIpc) is 2.95. The minimum Gasteiger partial charge on any atom is -0.356 e. The van der Waals surface area contributed by atoms with Crippen LogP contribution in [0.15, 0.2) is 6.33 Å². The lowest BCUT2D eigenvalue weighted by atomic mass is 9.94. The molecule has 0 atom stereocenters. The van der Waals surface area contributed by atoms with Gasteiger partial charge in [0.2, 0.25) is 11.8 Å². The van der Waals surface area contributed by atoms with Crippen molar-refractivity contribution in [2.45, 2.75) is 26.7 Å². The largest absolute Gasteiger partial charge is 0.356 e. The van der Waals surface area contributed by atoms with Crippen molar-refractivity contribution in [2.24, 2.45) is 5.92 Å². The number of anilines is 1. The number of fused-ring (bicyclic) bond motifs is 1. The summed E-state index contributed by atoms with van der Waals surface area (Å²) in [5.74, 6) is 1.04. The zero-order valence-electron chi connectivity index (χ0n) is 15.1. The van der Waals surface area contributed by atoms with Crippen LogP contribution in [0.2, 0.25) is 0 Å². The van der Waals surface area contributed by atoms with Crippen molar-refractivity contribution in [1.29, 1.82) is 0 Å². The summed E-state index contributed by atoms with van der Waals surface area (Å²) in [6.07, 6.45) is 3.23. The van der Waals surface area contributed by atoms with Gasteiger partial charge in [0.25, 0.3) is 0 Å². The van der Waals surface area contributed by atoms with Crippen LogP contribution in [0.5, 0.6) is 0 Å². The SMILES string of the molecule is Cc1sc2ncnc(N3CCC(C(=O)N4CCNC(=O)C4)CC3)c2c1C. The number of carbonyl (C=O) groups excluding carboxylic acids is 2. The first-order valence-corrected chi connectivity index (χ1v) is 9.87. The standard InChI is InChI=1S/C18H23N5O2S/c1-11-12(2)26-17-15(11)16(20-10-21-17)22-6-3-13(4-7-22)18(25)23-8-5-19-14(24)9-23/h10,13H,3-9H2,1-2H3,(H,19,24). The maximum Gasteiger partial charge on any atom is 0.239 e. The summed E-state index contributed by atoms with van der Waals surface area (Å²) >= 11 is 1.70. The van der Waals surface area contributed by atoms with Crippen molar-refractivity contribution < 1.29 is 9.59 Å².